The number of rotatable bonds is 5. The van der Waals surface area contributed by atoms with Crippen molar-refractivity contribution in [2.45, 2.75) is 70.1 Å². The molecule has 1 saturated carbocycles. The highest BCUT2D eigenvalue weighted by atomic mass is 19.3. The maximum absolute atomic E-state index is 13.0. The number of ether oxygens (including phenoxy) is 1. The van der Waals surface area contributed by atoms with E-state index in [-0.39, 0.29) is 12.1 Å². The van der Waals surface area contributed by atoms with Crippen LogP contribution in [0.3, 0.4) is 0 Å². The number of carbonyl (C=O) groups excluding carboxylic acids is 1. The van der Waals surface area contributed by atoms with Crippen LogP contribution < -0.4 is 10.6 Å². The zero-order chi connectivity index (χ0) is 16.1. The molecular weight excluding hydrogens is 282 g/mol. The van der Waals surface area contributed by atoms with Crippen molar-refractivity contribution in [3.63, 3.8) is 0 Å². The van der Waals surface area contributed by atoms with Crippen LogP contribution in [0.4, 0.5) is 13.6 Å². The van der Waals surface area contributed by atoms with E-state index in [9.17, 15) is 13.6 Å². The first kappa shape index (κ1) is 18.1. The minimum absolute atomic E-state index is 0.0751. The van der Waals surface area contributed by atoms with Crippen LogP contribution in [0.2, 0.25) is 0 Å². The largest absolute Gasteiger partial charge is 0.444 e. The number of alkyl halides is 2. The SMILES string of the molecule is CC(C)(C)OC(=O)NC1CCCC(NCC(F)(F)CO)C1. The predicted molar refractivity (Wildman–Crippen MR) is 75.4 cm³/mol. The second-order valence-corrected chi connectivity index (χ2v) is 6.60. The summed E-state index contributed by atoms with van der Waals surface area (Å²) in [5, 5.41) is 14.1. The van der Waals surface area contributed by atoms with Gasteiger partial charge in [-0.2, -0.15) is 0 Å². The fourth-order valence-electron chi connectivity index (χ4n) is 2.33. The molecule has 0 radical (unpaired) electrons. The van der Waals surface area contributed by atoms with Gasteiger partial charge in [0, 0.05) is 12.1 Å². The van der Waals surface area contributed by atoms with Gasteiger partial charge in [-0.15, -0.1) is 0 Å². The molecular formula is C14H26F2N2O3. The summed E-state index contributed by atoms with van der Waals surface area (Å²) in [6.07, 6.45) is 2.56. The van der Waals surface area contributed by atoms with E-state index in [1.807, 2.05) is 0 Å². The van der Waals surface area contributed by atoms with E-state index in [0.29, 0.717) is 6.42 Å². The Bertz CT molecular complexity index is 346. The number of halogens is 2. The summed E-state index contributed by atoms with van der Waals surface area (Å²) >= 11 is 0. The smallest absolute Gasteiger partial charge is 0.407 e. The van der Waals surface area contributed by atoms with Gasteiger partial charge in [0.2, 0.25) is 0 Å². The van der Waals surface area contributed by atoms with Crippen molar-refractivity contribution >= 4 is 6.09 Å². The van der Waals surface area contributed by atoms with E-state index in [4.69, 9.17) is 9.84 Å². The Morgan fingerprint density at radius 2 is 1.90 bits per heavy atom. The molecule has 2 unspecified atom stereocenters. The number of aliphatic hydroxyl groups excluding tert-OH is 1. The summed E-state index contributed by atoms with van der Waals surface area (Å²) in [5.41, 5.74) is -0.556. The van der Waals surface area contributed by atoms with Crippen molar-refractivity contribution in [2.24, 2.45) is 0 Å². The number of hydrogen-bond donors (Lipinski definition) is 3. The van der Waals surface area contributed by atoms with Crippen LogP contribution >= 0.6 is 0 Å². The van der Waals surface area contributed by atoms with Crippen LogP contribution in [0.15, 0.2) is 0 Å². The molecule has 0 bridgehead atoms. The minimum atomic E-state index is -3.11. The highest BCUT2D eigenvalue weighted by molar-refractivity contribution is 5.68. The first-order valence-electron chi connectivity index (χ1n) is 7.33. The zero-order valence-corrected chi connectivity index (χ0v) is 12.9. The second-order valence-electron chi connectivity index (χ2n) is 6.60. The average Bonchev–Trinajstić information content (AvgIpc) is 2.34. The third-order valence-electron chi connectivity index (χ3n) is 3.28. The van der Waals surface area contributed by atoms with E-state index in [2.05, 4.69) is 10.6 Å². The van der Waals surface area contributed by atoms with E-state index < -0.39 is 30.8 Å². The van der Waals surface area contributed by atoms with Crippen molar-refractivity contribution in [1.82, 2.24) is 10.6 Å². The molecule has 1 fully saturated rings. The maximum atomic E-state index is 13.0. The molecule has 0 aromatic heterocycles. The summed E-state index contributed by atoms with van der Waals surface area (Å²) < 4.78 is 31.2. The molecule has 2 atom stereocenters. The second kappa shape index (κ2) is 7.35. The van der Waals surface area contributed by atoms with Crippen LogP contribution in [0, 0.1) is 0 Å². The number of hydrogen-bond acceptors (Lipinski definition) is 4. The van der Waals surface area contributed by atoms with Gasteiger partial charge >= 0.3 is 6.09 Å². The normalized spacial score (nSPS) is 23.7. The molecule has 0 aromatic carbocycles. The molecule has 0 spiro atoms. The number of amides is 1. The van der Waals surface area contributed by atoms with E-state index in [1.165, 1.54) is 0 Å². The molecule has 1 aliphatic carbocycles. The zero-order valence-electron chi connectivity index (χ0n) is 12.9. The lowest BCUT2D eigenvalue weighted by molar-refractivity contribution is -0.0502. The van der Waals surface area contributed by atoms with Gasteiger partial charge in [-0.3, -0.25) is 0 Å². The third kappa shape index (κ3) is 7.57. The topological polar surface area (TPSA) is 70.6 Å². The molecule has 0 aliphatic heterocycles. The molecule has 0 aromatic rings. The van der Waals surface area contributed by atoms with Crippen molar-refractivity contribution in [2.75, 3.05) is 13.2 Å². The molecule has 3 N–H and O–H groups in total. The molecule has 124 valence electrons. The molecule has 7 heteroatoms. The van der Waals surface area contributed by atoms with Gasteiger partial charge in [-0.25, -0.2) is 13.6 Å². The number of aliphatic hydroxyl groups is 1. The van der Waals surface area contributed by atoms with Crippen molar-refractivity contribution in [1.29, 1.82) is 0 Å². The fourth-order valence-corrected chi connectivity index (χ4v) is 2.33. The summed E-state index contributed by atoms with van der Waals surface area (Å²) in [7, 11) is 0. The maximum Gasteiger partial charge on any atom is 0.407 e. The Kier molecular flexibility index (Phi) is 6.34. The standard InChI is InChI=1S/C14H26F2N2O3/c1-13(2,3)21-12(20)18-11-6-4-5-10(7-11)17-8-14(15,16)9-19/h10-11,17,19H,4-9H2,1-3H3,(H,18,20). The van der Waals surface area contributed by atoms with Gasteiger partial charge in [-0.05, 0) is 46.5 Å². The van der Waals surface area contributed by atoms with E-state index in [0.717, 1.165) is 19.3 Å². The third-order valence-corrected chi connectivity index (χ3v) is 3.28. The highest BCUT2D eigenvalue weighted by Crippen LogP contribution is 2.20. The number of nitrogens with one attached hydrogen (secondary N) is 2. The lowest BCUT2D eigenvalue weighted by Crippen LogP contribution is -2.48. The van der Waals surface area contributed by atoms with Gasteiger partial charge < -0.3 is 20.5 Å². The van der Waals surface area contributed by atoms with Crippen LogP contribution in [0.25, 0.3) is 0 Å². The number of carbonyl (C=O) groups is 1. The molecule has 1 amide bonds. The summed E-state index contributed by atoms with van der Waals surface area (Å²) in [4.78, 5) is 11.7. The van der Waals surface area contributed by atoms with Gasteiger partial charge in [0.05, 0.1) is 6.54 Å². The van der Waals surface area contributed by atoms with Gasteiger partial charge in [0.15, 0.2) is 0 Å². The Balaban J connectivity index is 2.37. The Morgan fingerprint density at radius 1 is 1.29 bits per heavy atom. The Morgan fingerprint density at radius 3 is 2.48 bits per heavy atom. The van der Waals surface area contributed by atoms with Gasteiger partial charge in [0.1, 0.15) is 12.2 Å². The lowest BCUT2D eigenvalue weighted by Gasteiger charge is -2.32. The Labute approximate surface area is 124 Å². The summed E-state index contributed by atoms with van der Waals surface area (Å²) in [6.45, 7) is 3.65. The van der Waals surface area contributed by atoms with E-state index >= 15 is 0 Å². The molecule has 0 saturated heterocycles. The summed E-state index contributed by atoms with van der Waals surface area (Å²) in [6, 6.07) is -0.162. The minimum Gasteiger partial charge on any atom is -0.444 e. The van der Waals surface area contributed by atoms with Crippen LogP contribution in [0.1, 0.15) is 46.5 Å². The van der Waals surface area contributed by atoms with Crippen LogP contribution in [0.5, 0.6) is 0 Å². The van der Waals surface area contributed by atoms with Crippen LogP contribution in [-0.4, -0.2) is 48.0 Å². The van der Waals surface area contributed by atoms with Crippen molar-refractivity contribution in [3.8, 4) is 0 Å². The van der Waals surface area contributed by atoms with Crippen molar-refractivity contribution < 1.29 is 23.4 Å². The predicted octanol–water partition coefficient (Wildman–Crippen LogP) is 2.04. The molecule has 21 heavy (non-hydrogen) atoms. The lowest BCUT2D eigenvalue weighted by atomic mass is 9.91. The molecule has 0 heterocycles. The molecule has 1 aliphatic rings. The van der Waals surface area contributed by atoms with E-state index in [1.54, 1.807) is 20.8 Å². The fraction of sp³-hybridized carbons (Fsp3) is 0.929. The first-order valence-corrected chi connectivity index (χ1v) is 7.33. The van der Waals surface area contributed by atoms with Crippen molar-refractivity contribution in [3.05, 3.63) is 0 Å². The Hall–Kier alpha value is -0.950. The summed E-state index contributed by atoms with van der Waals surface area (Å²) in [5.74, 6) is -3.11. The van der Waals surface area contributed by atoms with Gasteiger partial charge in [-0.1, -0.05) is 0 Å². The van der Waals surface area contributed by atoms with Gasteiger partial charge in [0.25, 0.3) is 5.92 Å². The molecule has 5 nitrogen and oxygen atoms in total. The molecule has 1 rings (SSSR count). The quantitative estimate of drug-likeness (QED) is 0.727. The monoisotopic (exact) mass is 308 g/mol. The highest BCUT2D eigenvalue weighted by Gasteiger charge is 2.31. The van der Waals surface area contributed by atoms with Crippen LogP contribution in [-0.2, 0) is 4.74 Å². The average molecular weight is 308 g/mol. The first-order chi connectivity index (χ1) is 9.61. The number of alkyl carbamates (subject to hydrolysis) is 1.